The van der Waals surface area contributed by atoms with Crippen LogP contribution in [0.1, 0.15) is 0 Å². The Kier molecular flexibility index (Phi) is 0.581. The first-order valence-electron chi connectivity index (χ1n) is 1.17. The Morgan fingerprint density at radius 1 is 1.60 bits per heavy atom. The van der Waals surface area contributed by atoms with Gasteiger partial charge in [0.2, 0.25) is 0 Å². The van der Waals surface area contributed by atoms with Crippen molar-refractivity contribution < 1.29 is 0 Å². The van der Waals surface area contributed by atoms with Gasteiger partial charge in [-0.3, -0.25) is 0 Å². The lowest BCUT2D eigenvalue weighted by Crippen LogP contribution is -1.74. The van der Waals surface area contributed by atoms with Gasteiger partial charge in [0.25, 0.3) is 9.68 Å². The normalized spacial score (nSPS) is 17.6. The third-order valence-electron chi connectivity index (χ3n) is 0.270. The van der Waals surface area contributed by atoms with Crippen molar-refractivity contribution in [3.05, 3.63) is 0 Å². The topological polar surface area (TPSA) is 37.1 Å². The maximum Gasteiger partial charge on any atom is 0.297 e. The van der Waals surface area contributed by atoms with Crippen molar-refractivity contribution in [3.63, 3.8) is 0 Å². The van der Waals surface area contributed by atoms with Crippen molar-refractivity contribution in [1.29, 1.82) is 0 Å². The standard InChI is InChI=1S/CHN3Si/c1-2-3-4-5-1/h1H. The quantitative estimate of drug-likeness (QED) is 0.370. The zero-order valence-corrected chi connectivity index (χ0v) is 3.42. The molecule has 1 aliphatic heterocycles. The van der Waals surface area contributed by atoms with E-state index >= 15 is 0 Å². The second kappa shape index (κ2) is 1.07. The maximum absolute atomic E-state index is 3.51. The van der Waals surface area contributed by atoms with Crippen molar-refractivity contribution in [3.8, 4) is 0 Å². The Balaban J connectivity index is 2.61. The Labute approximate surface area is 31.7 Å². The SMILES string of the molecule is C1=NN=N[Si]1. The summed E-state index contributed by atoms with van der Waals surface area (Å²) < 4.78 is 3.51. The summed E-state index contributed by atoms with van der Waals surface area (Å²) in [5.74, 6) is 1.68. The predicted octanol–water partition coefficient (Wildman–Crippen LogP) is 0.0147. The Morgan fingerprint density at radius 2 is 2.60 bits per heavy atom. The number of nitrogens with zero attached hydrogens (tertiary/aromatic N) is 3. The van der Waals surface area contributed by atoms with Gasteiger partial charge in [-0.2, -0.15) is 0 Å². The molecule has 2 radical (unpaired) electrons. The molecule has 0 amide bonds. The second-order valence-corrected chi connectivity index (χ2v) is 1.28. The van der Waals surface area contributed by atoms with Crippen molar-refractivity contribution in [2.24, 2.45) is 15.1 Å². The summed E-state index contributed by atoms with van der Waals surface area (Å²) in [5, 5.41) is 6.72. The molecule has 0 bridgehead atoms. The molecule has 5 heavy (non-hydrogen) atoms. The van der Waals surface area contributed by atoms with Gasteiger partial charge in [0, 0.05) is 5.84 Å². The second-order valence-electron chi connectivity index (χ2n) is 0.563. The highest BCUT2D eigenvalue weighted by atomic mass is 28.2. The summed E-state index contributed by atoms with van der Waals surface area (Å²) in [4.78, 5) is 0. The van der Waals surface area contributed by atoms with Gasteiger partial charge in [0.05, 0.1) is 0 Å². The third-order valence-corrected chi connectivity index (χ3v) is 0.705. The summed E-state index contributed by atoms with van der Waals surface area (Å²) in [6.45, 7) is 0. The fourth-order valence-electron chi connectivity index (χ4n) is 0.129. The molecule has 0 N–H and O–H groups in total. The molecule has 24 valence electrons. The van der Waals surface area contributed by atoms with Gasteiger partial charge in [-0.05, 0) is 0 Å². The van der Waals surface area contributed by atoms with Crippen LogP contribution in [0.15, 0.2) is 15.1 Å². The number of rotatable bonds is 0. The minimum atomic E-state index is 0.475. The molecule has 0 saturated carbocycles. The Morgan fingerprint density at radius 3 is 2.80 bits per heavy atom. The van der Waals surface area contributed by atoms with Crippen molar-refractivity contribution in [2.45, 2.75) is 0 Å². The van der Waals surface area contributed by atoms with Crippen LogP contribution in [0, 0.1) is 0 Å². The van der Waals surface area contributed by atoms with Crippen LogP contribution in [-0.4, -0.2) is 15.5 Å². The Bertz CT molecular complexity index is 65.0. The highest BCUT2D eigenvalue weighted by Gasteiger charge is 1.81. The maximum atomic E-state index is 3.51. The molecule has 0 unspecified atom stereocenters. The molecule has 0 spiro atoms. The first-order chi connectivity index (χ1) is 2.50. The molecule has 1 aliphatic rings. The lowest BCUT2D eigenvalue weighted by molar-refractivity contribution is 1.14. The molecule has 1 heterocycles. The van der Waals surface area contributed by atoms with Crippen LogP contribution >= 0.6 is 0 Å². The Hall–Kier alpha value is -0.513. The largest absolute Gasteiger partial charge is 0.297 e. The van der Waals surface area contributed by atoms with Gasteiger partial charge in [0.1, 0.15) is 0 Å². The third kappa shape index (κ3) is 0.383. The minimum Gasteiger partial charge on any atom is -0.209 e. The van der Waals surface area contributed by atoms with Crippen LogP contribution < -0.4 is 0 Å². The van der Waals surface area contributed by atoms with Gasteiger partial charge in [-0.25, -0.2) is 4.78 Å². The van der Waals surface area contributed by atoms with Crippen LogP contribution in [0.4, 0.5) is 0 Å². The molecule has 0 aromatic carbocycles. The fourth-order valence-corrected chi connectivity index (χ4v) is 0.387. The molecule has 1 rings (SSSR count). The van der Waals surface area contributed by atoms with Crippen LogP contribution in [0.25, 0.3) is 0 Å². The summed E-state index contributed by atoms with van der Waals surface area (Å²) >= 11 is 0. The van der Waals surface area contributed by atoms with Gasteiger partial charge < -0.3 is 0 Å². The zero-order valence-electron chi connectivity index (χ0n) is 2.42. The summed E-state index contributed by atoms with van der Waals surface area (Å²) in [5.41, 5.74) is 0. The average Bonchev–Trinajstić information content (AvgIpc) is 1.76. The first-order valence-corrected chi connectivity index (χ1v) is 2.20. The van der Waals surface area contributed by atoms with E-state index in [1.165, 1.54) is 0 Å². The molecule has 0 aromatic heterocycles. The van der Waals surface area contributed by atoms with Crippen LogP contribution in [0.5, 0.6) is 0 Å². The van der Waals surface area contributed by atoms with Crippen molar-refractivity contribution in [2.75, 3.05) is 0 Å². The van der Waals surface area contributed by atoms with Gasteiger partial charge >= 0.3 is 0 Å². The number of hydrogen-bond donors (Lipinski definition) is 0. The van der Waals surface area contributed by atoms with E-state index in [-0.39, 0.29) is 0 Å². The lowest BCUT2D eigenvalue weighted by Gasteiger charge is -1.49. The van der Waals surface area contributed by atoms with E-state index < -0.39 is 0 Å². The highest BCUT2D eigenvalue weighted by molar-refractivity contribution is 6.66. The molecule has 0 saturated heterocycles. The van der Waals surface area contributed by atoms with Gasteiger partial charge in [0.15, 0.2) is 0 Å². The van der Waals surface area contributed by atoms with E-state index in [1.54, 1.807) is 5.84 Å². The summed E-state index contributed by atoms with van der Waals surface area (Å²) in [7, 11) is 0.475. The van der Waals surface area contributed by atoms with Gasteiger partial charge in [-0.15, -0.1) is 5.10 Å². The van der Waals surface area contributed by atoms with E-state index in [4.69, 9.17) is 0 Å². The van der Waals surface area contributed by atoms with Crippen LogP contribution in [-0.2, 0) is 0 Å². The van der Waals surface area contributed by atoms with E-state index in [0.717, 1.165) is 0 Å². The van der Waals surface area contributed by atoms with E-state index in [2.05, 4.69) is 15.1 Å². The first kappa shape index (κ1) is 2.71. The number of hydrogen-bond acceptors (Lipinski definition) is 3. The molecular formula is CHN3Si. The molecule has 0 fully saturated rings. The summed E-state index contributed by atoms with van der Waals surface area (Å²) in [6.07, 6.45) is 0. The molecular weight excluding hydrogens is 82.1 g/mol. The fraction of sp³-hybridized carbons (Fsp3) is 0. The molecule has 0 aliphatic carbocycles. The van der Waals surface area contributed by atoms with Gasteiger partial charge in [-0.1, -0.05) is 5.22 Å². The van der Waals surface area contributed by atoms with Crippen LogP contribution in [0.3, 0.4) is 0 Å². The van der Waals surface area contributed by atoms with Crippen molar-refractivity contribution >= 4 is 15.5 Å². The van der Waals surface area contributed by atoms with E-state index in [9.17, 15) is 0 Å². The van der Waals surface area contributed by atoms with E-state index in [0.29, 0.717) is 9.68 Å². The monoisotopic (exact) mass is 83.0 g/mol. The van der Waals surface area contributed by atoms with Crippen LogP contribution in [0.2, 0.25) is 0 Å². The van der Waals surface area contributed by atoms with Crippen molar-refractivity contribution in [1.82, 2.24) is 0 Å². The zero-order chi connectivity index (χ0) is 3.54. The molecule has 3 nitrogen and oxygen atoms in total. The molecule has 0 atom stereocenters. The average molecular weight is 83.1 g/mol. The highest BCUT2D eigenvalue weighted by Crippen LogP contribution is 1.77. The molecule has 4 heteroatoms. The predicted molar refractivity (Wildman–Crippen MR) is 19.1 cm³/mol. The lowest BCUT2D eigenvalue weighted by atomic mass is 11.7. The smallest absolute Gasteiger partial charge is 0.209 e. The molecule has 0 aromatic rings. The minimum absolute atomic E-state index is 0.475. The summed E-state index contributed by atoms with van der Waals surface area (Å²) in [6, 6.07) is 0. The van der Waals surface area contributed by atoms with E-state index in [1.807, 2.05) is 0 Å².